The van der Waals surface area contributed by atoms with Gasteiger partial charge in [-0.3, -0.25) is 0 Å². The summed E-state index contributed by atoms with van der Waals surface area (Å²) in [4.78, 5) is 0. The molecule has 1 atom stereocenters. The minimum Gasteiger partial charge on any atom is -1.00 e. The quantitative estimate of drug-likeness (QED) is 0.512. The third kappa shape index (κ3) is 3.63. The van der Waals surface area contributed by atoms with E-state index in [1.807, 2.05) is 30.3 Å². The molecule has 0 saturated carbocycles. The van der Waals surface area contributed by atoms with Crippen LogP contribution in [0.15, 0.2) is 42.5 Å². The molecule has 0 aliphatic heterocycles. The molecule has 1 unspecified atom stereocenters. The summed E-state index contributed by atoms with van der Waals surface area (Å²) in [5, 5.41) is 2.01. The molecule has 0 bridgehead atoms. The molecule has 0 saturated heterocycles. The van der Waals surface area contributed by atoms with Gasteiger partial charge in [-0.05, 0) is 22.9 Å². The van der Waals surface area contributed by atoms with Gasteiger partial charge in [0, 0.05) is 0 Å². The minimum absolute atomic E-state index is 0. The fraction of sp³-hybridized carbons (Fsp3) is 0. The Morgan fingerprint density at radius 3 is 2.47 bits per heavy atom. The van der Waals surface area contributed by atoms with Crippen molar-refractivity contribution in [2.45, 2.75) is 0 Å². The van der Waals surface area contributed by atoms with E-state index >= 15 is 0 Å². The Kier molecular flexibility index (Phi) is 5.41. The van der Waals surface area contributed by atoms with Gasteiger partial charge in [0.2, 0.25) is 0 Å². The SMILES string of the molecule is O=S([O-])Oc1ccc2ccccc2c1.[H-].[K+]. The molecule has 2 rings (SSSR count). The maximum Gasteiger partial charge on any atom is 1.00 e. The van der Waals surface area contributed by atoms with Crippen LogP contribution < -0.4 is 55.6 Å². The molecule has 0 spiro atoms. The molecule has 3 nitrogen and oxygen atoms in total. The third-order valence-corrected chi connectivity index (χ3v) is 2.21. The Morgan fingerprint density at radius 2 is 1.80 bits per heavy atom. The van der Waals surface area contributed by atoms with Gasteiger partial charge < -0.3 is 10.2 Å². The van der Waals surface area contributed by atoms with Gasteiger partial charge in [0.25, 0.3) is 0 Å². The first-order chi connectivity index (χ1) is 6.75. The fourth-order valence-electron chi connectivity index (χ4n) is 1.30. The molecule has 15 heavy (non-hydrogen) atoms. The summed E-state index contributed by atoms with van der Waals surface area (Å²) in [6.45, 7) is 0. The molecule has 0 amide bonds. The van der Waals surface area contributed by atoms with E-state index in [2.05, 4.69) is 4.18 Å². The monoisotopic (exact) mass is 247 g/mol. The van der Waals surface area contributed by atoms with Gasteiger partial charge in [0.1, 0.15) is 17.1 Å². The van der Waals surface area contributed by atoms with Gasteiger partial charge in [-0.25, -0.2) is 4.21 Å². The maximum absolute atomic E-state index is 10.3. The predicted octanol–water partition coefficient (Wildman–Crippen LogP) is -0.871. The van der Waals surface area contributed by atoms with Crippen molar-refractivity contribution >= 4 is 22.1 Å². The summed E-state index contributed by atoms with van der Waals surface area (Å²) in [7, 11) is 0. The largest absolute Gasteiger partial charge is 1.00 e. The van der Waals surface area contributed by atoms with E-state index < -0.39 is 11.4 Å². The first-order valence-electron chi connectivity index (χ1n) is 4.02. The van der Waals surface area contributed by atoms with Crippen molar-refractivity contribution in [3.05, 3.63) is 42.5 Å². The normalized spacial score (nSPS) is 11.8. The molecule has 0 heterocycles. The standard InChI is InChI=1S/C10H8O3S.K.H/c11-14(12)13-10-6-5-8-3-1-2-4-9(8)7-10;;/h1-7H,(H,11,12);;/q;+1;-1/p-1. The third-order valence-electron chi connectivity index (χ3n) is 1.89. The van der Waals surface area contributed by atoms with Crippen molar-refractivity contribution in [2.75, 3.05) is 0 Å². The summed E-state index contributed by atoms with van der Waals surface area (Å²) in [6, 6.07) is 12.8. The molecule has 74 valence electrons. The Labute approximate surface area is 134 Å². The van der Waals surface area contributed by atoms with E-state index in [9.17, 15) is 8.76 Å². The van der Waals surface area contributed by atoms with Crippen LogP contribution in [-0.2, 0) is 11.4 Å². The number of hydrogen-bond donors (Lipinski definition) is 0. The van der Waals surface area contributed by atoms with E-state index in [-0.39, 0.29) is 52.8 Å². The molecular weight excluding hydrogens is 239 g/mol. The molecule has 0 aliphatic rings. The van der Waals surface area contributed by atoms with Crippen LogP contribution >= 0.6 is 0 Å². The van der Waals surface area contributed by atoms with Crippen molar-refractivity contribution < 1.29 is 65.8 Å². The smallest absolute Gasteiger partial charge is 1.00 e. The van der Waals surface area contributed by atoms with Crippen molar-refractivity contribution in [2.24, 2.45) is 0 Å². The molecule has 2 aromatic rings. The topological polar surface area (TPSA) is 49.4 Å². The number of rotatable bonds is 2. The van der Waals surface area contributed by atoms with E-state index in [1.165, 1.54) is 0 Å². The van der Waals surface area contributed by atoms with Gasteiger partial charge in [0.15, 0.2) is 0 Å². The average molecular weight is 247 g/mol. The second kappa shape index (κ2) is 6.10. The van der Waals surface area contributed by atoms with Crippen molar-refractivity contribution in [1.82, 2.24) is 0 Å². The zero-order valence-corrected chi connectivity index (χ0v) is 12.1. The van der Waals surface area contributed by atoms with E-state index in [0.29, 0.717) is 5.75 Å². The second-order valence-corrected chi connectivity index (χ2v) is 3.37. The summed E-state index contributed by atoms with van der Waals surface area (Å²) in [6.07, 6.45) is 0. The van der Waals surface area contributed by atoms with Crippen LogP contribution in [0, 0.1) is 0 Å². The van der Waals surface area contributed by atoms with Crippen LogP contribution in [0.3, 0.4) is 0 Å². The summed E-state index contributed by atoms with van der Waals surface area (Å²) >= 11 is -2.51. The van der Waals surface area contributed by atoms with Crippen LogP contribution in [0.5, 0.6) is 5.75 Å². The minimum atomic E-state index is -2.51. The molecule has 0 radical (unpaired) electrons. The molecule has 0 fully saturated rings. The summed E-state index contributed by atoms with van der Waals surface area (Å²) in [5.74, 6) is 0.331. The number of fused-ring (bicyclic) bond motifs is 1. The van der Waals surface area contributed by atoms with Gasteiger partial charge in [0.05, 0.1) is 0 Å². The first-order valence-corrected chi connectivity index (χ1v) is 5.02. The first kappa shape index (κ1) is 13.3. The Morgan fingerprint density at radius 1 is 1.13 bits per heavy atom. The Hall–Kier alpha value is 0.246. The van der Waals surface area contributed by atoms with Crippen LogP contribution in [0.4, 0.5) is 0 Å². The van der Waals surface area contributed by atoms with Crippen LogP contribution in [0.2, 0.25) is 0 Å². The summed E-state index contributed by atoms with van der Waals surface area (Å²) in [5.41, 5.74) is 0. The Bertz CT molecular complexity index is 492. The van der Waals surface area contributed by atoms with Crippen LogP contribution in [0.25, 0.3) is 10.8 Å². The zero-order chi connectivity index (χ0) is 9.97. The molecular formula is C10H8KO3S-. The fourth-order valence-corrected chi connectivity index (χ4v) is 1.56. The molecule has 0 aliphatic carbocycles. The van der Waals surface area contributed by atoms with Gasteiger partial charge in [-0.1, -0.05) is 30.3 Å². The van der Waals surface area contributed by atoms with Crippen LogP contribution in [0.1, 0.15) is 1.43 Å². The molecule has 5 heteroatoms. The molecule has 0 N–H and O–H groups in total. The van der Waals surface area contributed by atoms with Gasteiger partial charge in [-0.15, -0.1) is 0 Å². The van der Waals surface area contributed by atoms with Crippen molar-refractivity contribution in [3.63, 3.8) is 0 Å². The molecule has 2 aromatic carbocycles. The number of benzene rings is 2. The second-order valence-electron chi connectivity index (χ2n) is 2.80. The zero-order valence-electron chi connectivity index (χ0n) is 9.17. The van der Waals surface area contributed by atoms with Gasteiger partial charge in [-0.2, -0.15) is 0 Å². The van der Waals surface area contributed by atoms with Crippen molar-refractivity contribution in [1.29, 1.82) is 0 Å². The van der Waals surface area contributed by atoms with E-state index in [1.54, 1.807) is 12.1 Å². The maximum atomic E-state index is 10.3. The molecule has 0 aromatic heterocycles. The van der Waals surface area contributed by atoms with E-state index in [4.69, 9.17) is 0 Å². The van der Waals surface area contributed by atoms with Crippen molar-refractivity contribution in [3.8, 4) is 5.75 Å². The van der Waals surface area contributed by atoms with Gasteiger partial charge >= 0.3 is 51.4 Å². The average Bonchev–Trinajstić information content (AvgIpc) is 2.17. The number of hydrogen-bond acceptors (Lipinski definition) is 3. The van der Waals surface area contributed by atoms with Crippen LogP contribution in [-0.4, -0.2) is 8.76 Å². The summed E-state index contributed by atoms with van der Waals surface area (Å²) < 4.78 is 25.1. The van der Waals surface area contributed by atoms with E-state index in [0.717, 1.165) is 10.8 Å². The Balaban J connectivity index is 0.00000112. The predicted molar refractivity (Wildman–Crippen MR) is 54.6 cm³/mol.